The topological polar surface area (TPSA) is 53.3 Å². The molecule has 1 heterocycles. The predicted octanol–water partition coefficient (Wildman–Crippen LogP) is 3.87. The smallest absolute Gasteiger partial charge is 0.318 e. The summed E-state index contributed by atoms with van der Waals surface area (Å²) in [5.41, 5.74) is 2.94. The molecule has 0 bridgehead atoms. The Morgan fingerprint density at radius 2 is 2.05 bits per heavy atom. The zero-order valence-electron chi connectivity index (χ0n) is 13.1. The maximum absolute atomic E-state index is 12.6. The maximum Gasteiger partial charge on any atom is 0.318 e. The lowest BCUT2D eigenvalue weighted by Crippen LogP contribution is -2.15. The van der Waals surface area contributed by atoms with E-state index in [0.717, 1.165) is 11.1 Å². The van der Waals surface area contributed by atoms with Gasteiger partial charge < -0.3 is 8.97 Å². The minimum absolute atomic E-state index is 0.0821. The second-order valence-corrected chi connectivity index (χ2v) is 6.97. The molecule has 4 heteroatoms. The second-order valence-electron chi connectivity index (χ2n) is 5.33. The number of hydrogen-bond donors (Lipinski definition) is 0. The lowest BCUT2D eigenvalue weighted by Gasteiger charge is -2.15. The van der Waals surface area contributed by atoms with Crippen LogP contribution in [0.4, 0.5) is 0 Å². The lowest BCUT2D eigenvalue weighted by atomic mass is 9.94. The highest BCUT2D eigenvalue weighted by Crippen LogP contribution is 2.30. The fraction of sp³-hybridized carbons (Fsp3) is 0.412. The first-order valence-electron chi connectivity index (χ1n) is 7.16. The molecule has 0 aliphatic heterocycles. The summed E-state index contributed by atoms with van der Waals surface area (Å²) in [5.74, 6) is 0.604. The van der Waals surface area contributed by atoms with Gasteiger partial charge in [0.2, 0.25) is 5.43 Å². The van der Waals surface area contributed by atoms with Crippen molar-refractivity contribution in [2.45, 2.75) is 45.6 Å². The quantitative estimate of drug-likeness (QED) is 0.806. The van der Waals surface area contributed by atoms with Crippen molar-refractivity contribution >= 4 is 22.1 Å². The van der Waals surface area contributed by atoms with Crippen LogP contribution in [-0.4, -0.2) is 10.3 Å². The molecule has 1 aromatic carbocycles. The van der Waals surface area contributed by atoms with Crippen molar-refractivity contribution in [3.63, 3.8) is 0 Å². The van der Waals surface area contributed by atoms with Crippen molar-refractivity contribution in [3.8, 4) is 0 Å². The fourth-order valence-electron chi connectivity index (χ4n) is 2.41. The molecule has 113 valence electrons. The number of rotatable bonds is 4. The number of hydrogen-bond acceptors (Lipinski definition) is 3. The van der Waals surface area contributed by atoms with Crippen LogP contribution < -0.4 is 5.43 Å². The van der Waals surface area contributed by atoms with Gasteiger partial charge in [-0.2, -0.15) is 0 Å². The van der Waals surface area contributed by atoms with Crippen LogP contribution in [0.5, 0.6) is 0 Å². The summed E-state index contributed by atoms with van der Waals surface area (Å²) in [4.78, 5) is 12.6. The Kier molecular flexibility index (Phi) is 4.79. The Hall–Kier alpha value is -1.26. The van der Waals surface area contributed by atoms with E-state index in [0.29, 0.717) is 27.4 Å². The first-order valence-corrected chi connectivity index (χ1v) is 8.48. The van der Waals surface area contributed by atoms with Crippen LogP contribution in [0.25, 0.3) is 11.0 Å². The van der Waals surface area contributed by atoms with Gasteiger partial charge in [0.05, 0.1) is 10.9 Å². The average molecular weight is 305 g/mol. The molecule has 21 heavy (non-hydrogen) atoms. The molecule has 0 saturated heterocycles. The molecule has 0 saturated carbocycles. The number of fused-ring (bicyclic) bond motifs is 1. The summed E-state index contributed by atoms with van der Waals surface area (Å²) in [6.45, 7) is 9.52. The Balaban J connectivity index is 2.88. The summed E-state index contributed by atoms with van der Waals surface area (Å²) in [5, 5.41) is 0.886. The molecular weight excluding hydrogens is 284 g/mol. The van der Waals surface area contributed by atoms with E-state index in [1.165, 1.54) is 0 Å². The van der Waals surface area contributed by atoms with Gasteiger partial charge in [0, 0.05) is 11.2 Å². The Morgan fingerprint density at radius 3 is 2.62 bits per heavy atom. The lowest BCUT2D eigenvalue weighted by molar-refractivity contribution is 0.460. The minimum atomic E-state index is -1.27. The zero-order chi connectivity index (χ0) is 15.7. The van der Waals surface area contributed by atoms with Crippen LogP contribution in [0.3, 0.4) is 0 Å². The third-order valence-electron chi connectivity index (χ3n) is 3.81. The third kappa shape index (κ3) is 2.87. The van der Waals surface area contributed by atoms with Crippen LogP contribution >= 0.6 is 0 Å². The van der Waals surface area contributed by atoms with Crippen LogP contribution in [0.2, 0.25) is 0 Å². The molecular formula is C17H21O3S. The molecule has 0 amide bonds. The van der Waals surface area contributed by atoms with Crippen molar-refractivity contribution in [1.82, 2.24) is 0 Å². The molecule has 0 fully saturated rings. The van der Waals surface area contributed by atoms with Gasteiger partial charge in [0.25, 0.3) is 0 Å². The van der Waals surface area contributed by atoms with Crippen LogP contribution in [0.15, 0.2) is 26.4 Å². The van der Waals surface area contributed by atoms with Crippen molar-refractivity contribution in [1.29, 1.82) is 0 Å². The van der Waals surface area contributed by atoms with Crippen molar-refractivity contribution < 1.29 is 8.97 Å². The molecule has 1 unspecified atom stereocenters. The zero-order valence-corrected chi connectivity index (χ0v) is 14.0. The Labute approximate surface area is 128 Å². The molecule has 1 radical (unpaired) electrons. The van der Waals surface area contributed by atoms with E-state index >= 15 is 0 Å². The summed E-state index contributed by atoms with van der Waals surface area (Å²) < 4.78 is 18.0. The Bertz CT molecular complexity index is 718. The monoisotopic (exact) mass is 305 g/mol. The van der Waals surface area contributed by atoms with Gasteiger partial charge in [0.15, 0.2) is 0 Å². The van der Waals surface area contributed by atoms with Crippen molar-refractivity contribution in [2.75, 3.05) is 5.75 Å². The molecule has 0 N–H and O–H groups in total. The van der Waals surface area contributed by atoms with Gasteiger partial charge in [-0.3, -0.25) is 4.79 Å². The standard InChI is InChI=1S/C17H21O3S/c1-6-11(4)13-8-10(3)9-14-15(18)12(5)17(20-16(13)14)21(19)7-2/h6,8-9,11H,7H2,1-5H3/t11-,21?/m1/s1. The largest absolute Gasteiger partial charge is 0.609 e. The van der Waals surface area contributed by atoms with E-state index < -0.39 is 11.2 Å². The van der Waals surface area contributed by atoms with Crippen molar-refractivity contribution in [2.24, 2.45) is 0 Å². The van der Waals surface area contributed by atoms with Crippen LogP contribution in [0, 0.1) is 20.3 Å². The summed E-state index contributed by atoms with van der Waals surface area (Å²) in [6.07, 6.45) is 2.06. The van der Waals surface area contributed by atoms with E-state index in [9.17, 15) is 9.35 Å². The first-order chi connectivity index (χ1) is 9.90. The molecule has 0 aliphatic rings. The number of aryl methyl sites for hydroxylation is 1. The first kappa shape index (κ1) is 16.1. The van der Waals surface area contributed by atoms with Crippen molar-refractivity contribution in [3.05, 3.63) is 45.5 Å². The Morgan fingerprint density at radius 1 is 1.38 bits per heavy atom. The second kappa shape index (κ2) is 6.24. The summed E-state index contributed by atoms with van der Waals surface area (Å²) >= 11 is -1.27. The van der Waals surface area contributed by atoms with E-state index in [1.54, 1.807) is 6.92 Å². The molecule has 2 atom stereocenters. The van der Waals surface area contributed by atoms with E-state index in [-0.39, 0.29) is 11.3 Å². The van der Waals surface area contributed by atoms with Gasteiger partial charge in [-0.05, 0) is 50.3 Å². The SMILES string of the molecule is C[CH][C@@H](C)c1cc(C)cc2c(=O)c(C)c([S+]([O-])CC)oc12. The number of benzene rings is 1. The average Bonchev–Trinajstić information content (AvgIpc) is 2.49. The normalized spacial score (nSPS) is 14.4. The van der Waals surface area contributed by atoms with Gasteiger partial charge in [-0.25, -0.2) is 0 Å². The fourth-order valence-corrected chi connectivity index (χ4v) is 3.29. The van der Waals surface area contributed by atoms with Crippen LogP contribution in [0.1, 0.15) is 43.4 Å². The van der Waals surface area contributed by atoms with Gasteiger partial charge in [0.1, 0.15) is 11.3 Å². The van der Waals surface area contributed by atoms with E-state index in [1.807, 2.05) is 32.9 Å². The molecule has 1 aromatic heterocycles. The summed E-state index contributed by atoms with van der Waals surface area (Å²) in [6, 6.07) is 3.88. The minimum Gasteiger partial charge on any atom is -0.609 e. The van der Waals surface area contributed by atoms with Gasteiger partial charge in [-0.1, -0.05) is 19.9 Å². The molecule has 3 nitrogen and oxygen atoms in total. The van der Waals surface area contributed by atoms with Crippen LogP contribution in [-0.2, 0) is 11.2 Å². The highest BCUT2D eigenvalue weighted by atomic mass is 32.2. The molecule has 0 spiro atoms. The maximum atomic E-state index is 12.6. The molecule has 2 rings (SSSR count). The summed E-state index contributed by atoms with van der Waals surface area (Å²) in [7, 11) is 0. The van der Waals surface area contributed by atoms with E-state index in [2.05, 4.69) is 13.3 Å². The van der Waals surface area contributed by atoms with Gasteiger partial charge >= 0.3 is 5.09 Å². The molecule has 0 aliphatic carbocycles. The van der Waals surface area contributed by atoms with Gasteiger partial charge in [-0.15, -0.1) is 0 Å². The highest BCUT2D eigenvalue weighted by Gasteiger charge is 2.23. The van der Waals surface area contributed by atoms with E-state index in [4.69, 9.17) is 4.42 Å². The molecule has 2 aromatic rings. The highest BCUT2D eigenvalue weighted by molar-refractivity contribution is 7.91. The third-order valence-corrected chi connectivity index (χ3v) is 5.14. The predicted molar refractivity (Wildman–Crippen MR) is 87.3 cm³/mol.